The number of nitrogens with one attached hydrogen (secondary N) is 1. The molecule has 0 bridgehead atoms. The van der Waals surface area contributed by atoms with Crippen molar-refractivity contribution in [1.82, 2.24) is 14.1 Å². The van der Waals surface area contributed by atoms with Gasteiger partial charge in [-0.3, -0.25) is 9.48 Å². The summed E-state index contributed by atoms with van der Waals surface area (Å²) < 4.78 is 28.2. The predicted molar refractivity (Wildman–Crippen MR) is 94.8 cm³/mol. The number of carbonyl (C=O) groups is 1. The van der Waals surface area contributed by atoms with Gasteiger partial charge in [0.05, 0.1) is 12.1 Å². The smallest absolute Gasteiger partial charge is 0.246 e. The van der Waals surface area contributed by atoms with Crippen LogP contribution in [-0.4, -0.2) is 41.5 Å². The van der Waals surface area contributed by atoms with Crippen LogP contribution in [-0.2, 0) is 21.9 Å². The maximum absolute atomic E-state index is 12.7. The Labute approximate surface area is 151 Å². The average molecular weight is 383 g/mol. The third kappa shape index (κ3) is 4.02. The highest BCUT2D eigenvalue weighted by molar-refractivity contribution is 7.89. The number of hydrogen-bond donors (Lipinski definition) is 1. The van der Waals surface area contributed by atoms with Crippen LogP contribution in [0.5, 0.6) is 0 Å². The van der Waals surface area contributed by atoms with E-state index in [1.54, 1.807) is 31.3 Å². The molecule has 0 aliphatic carbocycles. The average Bonchev–Trinajstić information content (AvgIpc) is 3.04. The molecule has 1 saturated heterocycles. The Hall–Kier alpha value is -1.90. The number of rotatable bonds is 4. The molecule has 2 aromatic rings. The molecule has 3 rings (SSSR count). The van der Waals surface area contributed by atoms with Crippen molar-refractivity contribution < 1.29 is 13.2 Å². The van der Waals surface area contributed by atoms with Gasteiger partial charge in [0, 0.05) is 37.0 Å². The molecule has 0 radical (unpaired) electrons. The third-order valence-electron chi connectivity index (χ3n) is 4.19. The van der Waals surface area contributed by atoms with E-state index in [9.17, 15) is 13.2 Å². The number of carbonyl (C=O) groups excluding carboxylic acids is 1. The Balaban J connectivity index is 1.70. The van der Waals surface area contributed by atoms with Crippen molar-refractivity contribution in [2.24, 2.45) is 13.0 Å². The second kappa shape index (κ2) is 7.15. The second-order valence-corrected chi connectivity index (χ2v) is 8.42. The SMILES string of the molecule is Cn1cc(S(=O)(=O)N2CCC[C@@H](C(=O)Nc3ccc(Cl)cc3)C2)cn1. The third-order valence-corrected chi connectivity index (χ3v) is 6.26. The van der Waals surface area contributed by atoms with Gasteiger partial charge in [-0.1, -0.05) is 11.6 Å². The zero-order valence-electron chi connectivity index (χ0n) is 13.7. The monoisotopic (exact) mass is 382 g/mol. The molecule has 9 heteroatoms. The van der Waals surface area contributed by atoms with E-state index in [1.807, 2.05) is 0 Å². The summed E-state index contributed by atoms with van der Waals surface area (Å²) in [4.78, 5) is 12.6. The molecule has 1 aromatic carbocycles. The predicted octanol–water partition coefficient (Wildman–Crippen LogP) is 2.11. The first-order valence-corrected chi connectivity index (χ1v) is 9.73. The Morgan fingerprint density at radius 1 is 1.32 bits per heavy atom. The Morgan fingerprint density at radius 2 is 2.04 bits per heavy atom. The minimum absolute atomic E-state index is 0.147. The van der Waals surface area contributed by atoms with Crippen LogP contribution in [0.4, 0.5) is 5.69 Å². The fraction of sp³-hybridized carbons (Fsp3) is 0.375. The molecule has 134 valence electrons. The van der Waals surface area contributed by atoms with Gasteiger partial charge in [-0.05, 0) is 37.1 Å². The van der Waals surface area contributed by atoms with E-state index < -0.39 is 15.9 Å². The fourth-order valence-corrected chi connectivity index (χ4v) is 4.47. The number of aromatic nitrogens is 2. The number of benzene rings is 1. The first-order chi connectivity index (χ1) is 11.9. The molecule has 1 fully saturated rings. The lowest BCUT2D eigenvalue weighted by Gasteiger charge is -2.30. The summed E-state index contributed by atoms with van der Waals surface area (Å²) in [5, 5.41) is 7.32. The van der Waals surface area contributed by atoms with E-state index in [4.69, 9.17) is 11.6 Å². The molecular weight excluding hydrogens is 364 g/mol. The molecule has 1 aliphatic rings. The molecule has 25 heavy (non-hydrogen) atoms. The Kier molecular flexibility index (Phi) is 5.12. The van der Waals surface area contributed by atoms with Gasteiger partial charge in [-0.2, -0.15) is 9.40 Å². The molecule has 1 aliphatic heterocycles. The largest absolute Gasteiger partial charge is 0.326 e. The highest BCUT2D eigenvalue weighted by Gasteiger charge is 2.33. The van der Waals surface area contributed by atoms with Crippen LogP contribution in [0.3, 0.4) is 0 Å². The number of sulfonamides is 1. The number of amides is 1. The lowest BCUT2D eigenvalue weighted by molar-refractivity contribution is -0.120. The van der Waals surface area contributed by atoms with Crippen molar-refractivity contribution in [3.8, 4) is 0 Å². The highest BCUT2D eigenvalue weighted by atomic mass is 35.5. The van der Waals surface area contributed by atoms with Gasteiger partial charge in [-0.25, -0.2) is 8.42 Å². The molecule has 0 spiro atoms. The van der Waals surface area contributed by atoms with Crippen LogP contribution in [0, 0.1) is 5.92 Å². The van der Waals surface area contributed by atoms with Crippen molar-refractivity contribution in [1.29, 1.82) is 0 Å². The minimum Gasteiger partial charge on any atom is -0.326 e. The summed E-state index contributed by atoms with van der Waals surface area (Å²) in [5.74, 6) is -0.579. The van der Waals surface area contributed by atoms with Gasteiger partial charge in [0.15, 0.2) is 0 Å². The van der Waals surface area contributed by atoms with Gasteiger partial charge in [0.25, 0.3) is 0 Å². The molecule has 2 heterocycles. The summed E-state index contributed by atoms with van der Waals surface area (Å²) >= 11 is 5.83. The molecule has 1 N–H and O–H groups in total. The van der Waals surface area contributed by atoms with E-state index >= 15 is 0 Å². The van der Waals surface area contributed by atoms with Gasteiger partial charge in [0.1, 0.15) is 4.90 Å². The molecule has 0 unspecified atom stereocenters. The summed E-state index contributed by atoms with van der Waals surface area (Å²) in [7, 11) is -1.97. The van der Waals surface area contributed by atoms with Crippen LogP contribution in [0.2, 0.25) is 5.02 Å². The Bertz CT molecular complexity index is 864. The highest BCUT2D eigenvalue weighted by Crippen LogP contribution is 2.24. The van der Waals surface area contributed by atoms with E-state index in [-0.39, 0.29) is 17.3 Å². The first-order valence-electron chi connectivity index (χ1n) is 7.91. The van der Waals surface area contributed by atoms with Crippen molar-refractivity contribution in [3.63, 3.8) is 0 Å². The standard InChI is InChI=1S/C16H19ClN4O3S/c1-20-11-15(9-18-20)25(23,24)21-8-2-3-12(10-21)16(22)19-14-6-4-13(17)5-7-14/h4-7,9,11-12H,2-3,8,10H2,1H3,(H,19,22)/t12-/m1/s1. The van der Waals surface area contributed by atoms with Crippen LogP contribution in [0.1, 0.15) is 12.8 Å². The van der Waals surface area contributed by atoms with Gasteiger partial charge in [0.2, 0.25) is 15.9 Å². The number of hydrogen-bond acceptors (Lipinski definition) is 4. The molecular formula is C16H19ClN4O3S. The lowest BCUT2D eigenvalue weighted by atomic mass is 9.99. The second-order valence-electron chi connectivity index (χ2n) is 6.05. The van der Waals surface area contributed by atoms with Gasteiger partial charge in [-0.15, -0.1) is 0 Å². The molecule has 1 atom stereocenters. The molecule has 1 aromatic heterocycles. The summed E-state index contributed by atoms with van der Waals surface area (Å²) in [6.07, 6.45) is 4.08. The minimum atomic E-state index is -3.63. The molecule has 7 nitrogen and oxygen atoms in total. The van der Waals surface area contributed by atoms with E-state index in [1.165, 1.54) is 21.4 Å². The maximum atomic E-state index is 12.7. The topological polar surface area (TPSA) is 84.3 Å². The first kappa shape index (κ1) is 17.9. The zero-order valence-corrected chi connectivity index (χ0v) is 15.3. The fourth-order valence-electron chi connectivity index (χ4n) is 2.83. The summed E-state index contributed by atoms with van der Waals surface area (Å²) in [6.45, 7) is 0.568. The summed E-state index contributed by atoms with van der Waals surface area (Å²) in [6, 6.07) is 6.81. The van der Waals surface area contributed by atoms with E-state index in [0.29, 0.717) is 30.1 Å². The lowest BCUT2D eigenvalue weighted by Crippen LogP contribution is -2.43. The van der Waals surface area contributed by atoms with Crippen molar-refractivity contribution in [3.05, 3.63) is 41.7 Å². The van der Waals surface area contributed by atoms with Crippen molar-refractivity contribution >= 4 is 33.2 Å². The van der Waals surface area contributed by atoms with Crippen LogP contribution in [0.25, 0.3) is 0 Å². The number of nitrogens with zero attached hydrogens (tertiary/aromatic N) is 3. The van der Waals surface area contributed by atoms with E-state index in [2.05, 4.69) is 10.4 Å². The van der Waals surface area contributed by atoms with Crippen LogP contribution < -0.4 is 5.32 Å². The van der Waals surface area contributed by atoms with Crippen molar-refractivity contribution in [2.45, 2.75) is 17.7 Å². The number of piperidine rings is 1. The maximum Gasteiger partial charge on any atom is 0.246 e. The van der Waals surface area contributed by atoms with Gasteiger partial charge >= 0.3 is 0 Å². The van der Waals surface area contributed by atoms with E-state index in [0.717, 1.165) is 0 Å². The van der Waals surface area contributed by atoms with Gasteiger partial charge < -0.3 is 5.32 Å². The number of anilines is 1. The van der Waals surface area contributed by atoms with Crippen LogP contribution in [0.15, 0.2) is 41.6 Å². The summed E-state index contributed by atoms with van der Waals surface area (Å²) in [5.41, 5.74) is 0.640. The normalized spacial score (nSPS) is 18.9. The van der Waals surface area contributed by atoms with Crippen molar-refractivity contribution in [2.75, 3.05) is 18.4 Å². The quantitative estimate of drug-likeness (QED) is 0.877. The zero-order chi connectivity index (χ0) is 18.0. The van der Waals surface area contributed by atoms with Crippen LogP contribution >= 0.6 is 11.6 Å². The number of aryl methyl sites for hydroxylation is 1. The molecule has 1 amide bonds. The molecule has 0 saturated carbocycles. The Morgan fingerprint density at radius 3 is 2.68 bits per heavy atom. The number of halogens is 1.